The number of anilines is 1. The van der Waals surface area contributed by atoms with Crippen molar-refractivity contribution in [1.29, 1.82) is 0 Å². The van der Waals surface area contributed by atoms with Gasteiger partial charge in [-0.1, -0.05) is 18.2 Å². The second-order valence-corrected chi connectivity index (χ2v) is 8.61. The number of halogens is 4. The van der Waals surface area contributed by atoms with E-state index >= 15 is 0 Å². The number of nitrogens with one attached hydrogen (secondary N) is 2. The highest BCUT2D eigenvalue weighted by Gasteiger charge is 2.37. The fourth-order valence-electron chi connectivity index (χ4n) is 3.83. The van der Waals surface area contributed by atoms with Crippen molar-refractivity contribution in [2.24, 2.45) is 4.99 Å². The molecule has 8 nitrogen and oxygen atoms in total. The maximum Gasteiger partial charge on any atom is 0.416 e. The summed E-state index contributed by atoms with van der Waals surface area (Å²) in [5.41, 5.74) is 7.66. The smallest absolute Gasteiger partial charge is 0.397 e. The van der Waals surface area contributed by atoms with Crippen LogP contribution in [0.5, 0.6) is 0 Å². The second-order valence-electron chi connectivity index (χ2n) is 8.61. The summed E-state index contributed by atoms with van der Waals surface area (Å²) in [5, 5.41) is 13.7. The summed E-state index contributed by atoms with van der Waals surface area (Å²) < 4.78 is 56.1. The van der Waals surface area contributed by atoms with Crippen LogP contribution in [0.25, 0.3) is 0 Å². The van der Waals surface area contributed by atoms with Gasteiger partial charge < -0.3 is 21.2 Å². The van der Waals surface area contributed by atoms with Gasteiger partial charge in [-0.3, -0.25) is 9.78 Å². The van der Waals surface area contributed by atoms with Gasteiger partial charge in [0.15, 0.2) is 5.84 Å². The molecule has 1 aliphatic heterocycles. The van der Waals surface area contributed by atoms with Crippen molar-refractivity contribution in [2.45, 2.75) is 25.2 Å². The molecule has 0 saturated heterocycles. The number of para-hydroxylation sites is 1. The Morgan fingerprint density at radius 2 is 1.95 bits per heavy atom. The van der Waals surface area contributed by atoms with Crippen molar-refractivity contribution in [3.63, 3.8) is 0 Å². The number of hydrazine groups is 1. The van der Waals surface area contributed by atoms with Crippen LogP contribution in [0.3, 0.4) is 0 Å². The van der Waals surface area contributed by atoms with Crippen molar-refractivity contribution in [3.8, 4) is 0 Å². The van der Waals surface area contributed by atoms with E-state index in [9.17, 15) is 27.5 Å². The molecule has 1 amide bonds. The number of hydrogen-bond donors (Lipinski definition) is 4. The van der Waals surface area contributed by atoms with Crippen LogP contribution in [0.2, 0.25) is 0 Å². The number of amides is 1. The molecule has 0 spiro atoms. The van der Waals surface area contributed by atoms with Gasteiger partial charge in [0.1, 0.15) is 11.5 Å². The highest BCUT2D eigenvalue weighted by Crippen LogP contribution is 2.37. The number of aliphatic imine (C=N–C) groups is 1. The van der Waals surface area contributed by atoms with Gasteiger partial charge in [0.25, 0.3) is 5.91 Å². The van der Waals surface area contributed by atoms with Crippen molar-refractivity contribution in [1.82, 2.24) is 20.7 Å². The van der Waals surface area contributed by atoms with Gasteiger partial charge in [0.05, 0.1) is 34.6 Å². The lowest BCUT2D eigenvalue weighted by Gasteiger charge is -2.21. The zero-order chi connectivity index (χ0) is 27.6. The molecular weight excluding hydrogens is 504 g/mol. The highest BCUT2D eigenvalue weighted by molar-refractivity contribution is 6.14. The molecule has 2 heterocycles. The standard InChI is InChI=1S/C26H24F4N6O2/c1-14(37)15-10-21(31)23(32-13-15)24(33-16-6-4-3-5-7-16)34-25(38)18-11-17(22-8-9-36(2)35-22)19(12-20(18)27)26(28,29)30/h3-14,22,35,37H,31H2,1-2H3,(H,33,34,38). The number of carbonyl (C=O) groups excluding carboxylic acids is 1. The van der Waals surface area contributed by atoms with Gasteiger partial charge in [-0.15, -0.1) is 0 Å². The third-order valence-electron chi connectivity index (χ3n) is 5.74. The van der Waals surface area contributed by atoms with Crippen LogP contribution in [0.1, 0.15) is 51.8 Å². The minimum atomic E-state index is -4.86. The minimum absolute atomic E-state index is 0.0289. The molecule has 3 aromatic rings. The van der Waals surface area contributed by atoms with Gasteiger partial charge >= 0.3 is 6.18 Å². The zero-order valence-corrected chi connectivity index (χ0v) is 20.3. The van der Waals surface area contributed by atoms with Crippen LogP contribution in [0.15, 0.2) is 72.0 Å². The number of benzene rings is 2. The first kappa shape index (κ1) is 26.8. The molecule has 0 radical (unpaired) electrons. The first-order valence-corrected chi connectivity index (χ1v) is 11.4. The van der Waals surface area contributed by atoms with Crippen LogP contribution in [-0.2, 0) is 6.18 Å². The number of nitrogens with zero attached hydrogens (tertiary/aromatic N) is 3. The fraction of sp³-hybridized carbons (Fsp3) is 0.192. The monoisotopic (exact) mass is 528 g/mol. The van der Waals surface area contributed by atoms with E-state index in [1.54, 1.807) is 37.4 Å². The summed E-state index contributed by atoms with van der Waals surface area (Å²) in [6.07, 6.45) is -1.40. The average Bonchev–Trinajstić information content (AvgIpc) is 3.29. The van der Waals surface area contributed by atoms with E-state index in [0.717, 1.165) is 6.07 Å². The van der Waals surface area contributed by atoms with Crippen molar-refractivity contribution in [2.75, 3.05) is 12.8 Å². The number of aromatic nitrogens is 1. The fourth-order valence-corrected chi connectivity index (χ4v) is 3.83. The molecule has 2 unspecified atom stereocenters. The molecule has 2 atom stereocenters. The summed E-state index contributed by atoms with van der Waals surface area (Å²) in [4.78, 5) is 21.8. The molecule has 12 heteroatoms. The van der Waals surface area contributed by atoms with Crippen LogP contribution >= 0.6 is 0 Å². The molecule has 0 bridgehead atoms. The maximum absolute atomic E-state index is 15.0. The van der Waals surface area contributed by atoms with Crippen molar-refractivity contribution < 1.29 is 27.5 Å². The average molecular weight is 529 g/mol. The lowest BCUT2D eigenvalue weighted by Crippen LogP contribution is -2.34. The van der Waals surface area contributed by atoms with Gasteiger partial charge in [0.2, 0.25) is 0 Å². The number of aliphatic hydroxyl groups excluding tert-OH is 1. The van der Waals surface area contributed by atoms with E-state index in [-0.39, 0.29) is 22.8 Å². The number of alkyl halides is 3. The molecule has 0 fully saturated rings. The summed E-state index contributed by atoms with van der Waals surface area (Å²) in [6, 6.07) is 10.1. The van der Waals surface area contributed by atoms with E-state index in [4.69, 9.17) is 5.73 Å². The van der Waals surface area contributed by atoms with Crippen LogP contribution in [0.4, 0.5) is 28.9 Å². The topological polar surface area (TPSA) is 116 Å². The quantitative estimate of drug-likeness (QED) is 0.222. The van der Waals surface area contributed by atoms with E-state index in [0.29, 0.717) is 17.3 Å². The predicted octanol–water partition coefficient (Wildman–Crippen LogP) is 4.39. The SMILES string of the molecule is CC(O)c1cnc(C(=Nc2ccccc2)NC(=O)c2cc(C3C=CN(C)N3)c(C(F)(F)F)cc2F)c(N)c1. The largest absolute Gasteiger partial charge is 0.416 e. The molecule has 5 N–H and O–H groups in total. The number of pyridine rings is 1. The van der Waals surface area contributed by atoms with Crippen molar-refractivity contribution >= 4 is 23.1 Å². The van der Waals surface area contributed by atoms with Crippen LogP contribution in [0, 0.1) is 5.82 Å². The number of hydrogen-bond acceptors (Lipinski definition) is 7. The number of carbonyl (C=O) groups is 1. The Kier molecular flexibility index (Phi) is 7.46. The normalized spacial score (nSPS) is 16.6. The maximum atomic E-state index is 15.0. The Balaban J connectivity index is 1.77. The Morgan fingerprint density at radius 1 is 1.24 bits per heavy atom. The summed E-state index contributed by atoms with van der Waals surface area (Å²) >= 11 is 0. The Morgan fingerprint density at radius 3 is 2.53 bits per heavy atom. The Bertz CT molecular complexity index is 1410. The van der Waals surface area contributed by atoms with E-state index in [2.05, 4.69) is 20.7 Å². The molecule has 0 aliphatic carbocycles. The van der Waals surface area contributed by atoms with E-state index in [1.165, 1.54) is 36.5 Å². The van der Waals surface area contributed by atoms with Crippen LogP contribution < -0.4 is 16.5 Å². The van der Waals surface area contributed by atoms with Gasteiger partial charge in [-0.25, -0.2) is 14.8 Å². The number of nitrogens with two attached hydrogens (primary N) is 1. The molecular formula is C26H24F4N6O2. The van der Waals surface area contributed by atoms with Gasteiger partial charge in [-0.2, -0.15) is 13.2 Å². The van der Waals surface area contributed by atoms with Gasteiger partial charge in [0, 0.05) is 25.0 Å². The number of nitrogen functional groups attached to an aromatic ring is 1. The molecule has 0 saturated carbocycles. The van der Waals surface area contributed by atoms with E-state index in [1.807, 2.05) is 0 Å². The molecule has 4 rings (SSSR count). The molecule has 2 aromatic carbocycles. The highest BCUT2D eigenvalue weighted by atomic mass is 19.4. The minimum Gasteiger partial charge on any atom is -0.397 e. The Labute approximate surface area is 215 Å². The first-order chi connectivity index (χ1) is 17.9. The summed E-state index contributed by atoms with van der Waals surface area (Å²) in [7, 11) is 1.59. The molecule has 198 valence electrons. The molecule has 1 aromatic heterocycles. The zero-order valence-electron chi connectivity index (χ0n) is 20.3. The van der Waals surface area contributed by atoms with Gasteiger partial charge in [-0.05, 0) is 48.9 Å². The first-order valence-electron chi connectivity index (χ1n) is 11.4. The third-order valence-corrected chi connectivity index (χ3v) is 5.74. The predicted molar refractivity (Wildman–Crippen MR) is 134 cm³/mol. The summed E-state index contributed by atoms with van der Waals surface area (Å²) in [6.45, 7) is 1.52. The lowest BCUT2D eigenvalue weighted by molar-refractivity contribution is -0.138. The molecule has 1 aliphatic rings. The third kappa shape index (κ3) is 5.82. The second kappa shape index (κ2) is 10.6. The van der Waals surface area contributed by atoms with E-state index < -0.39 is 41.2 Å². The number of amidine groups is 1. The summed E-state index contributed by atoms with van der Waals surface area (Å²) in [5.74, 6) is -2.57. The lowest BCUT2D eigenvalue weighted by atomic mass is 9.96. The van der Waals surface area contributed by atoms with Crippen LogP contribution in [-0.4, -0.2) is 33.9 Å². The number of rotatable bonds is 5. The number of aliphatic hydroxyl groups is 1. The van der Waals surface area contributed by atoms with Crippen molar-refractivity contribution in [3.05, 3.63) is 101 Å². The molecule has 38 heavy (non-hydrogen) atoms. The Hall–Kier alpha value is -4.29.